The Labute approximate surface area is 125 Å². The van der Waals surface area contributed by atoms with Crippen LogP contribution in [0, 0.1) is 6.92 Å². The van der Waals surface area contributed by atoms with Crippen LogP contribution in [0.25, 0.3) is 0 Å². The zero-order valence-electron chi connectivity index (χ0n) is 12.8. The predicted octanol–water partition coefficient (Wildman–Crippen LogP) is 0.400. The maximum atomic E-state index is 12.5. The Balaban J connectivity index is 1.60. The van der Waals surface area contributed by atoms with Gasteiger partial charge in [0.15, 0.2) is 0 Å². The van der Waals surface area contributed by atoms with E-state index in [1.54, 1.807) is 4.68 Å². The number of carbonyl (C=O) groups is 1. The van der Waals surface area contributed by atoms with Crippen LogP contribution in [0.15, 0.2) is 6.07 Å². The molecule has 2 atom stereocenters. The number of carbonyl (C=O) groups excluding carboxylic acids is 1. The van der Waals surface area contributed by atoms with Crippen LogP contribution in [0.3, 0.4) is 0 Å². The number of hydrogen-bond acceptors (Lipinski definition) is 4. The number of aliphatic hydroxyl groups excluding tert-OH is 1. The Morgan fingerprint density at radius 2 is 2.00 bits per heavy atom. The minimum Gasteiger partial charge on any atom is -0.391 e. The summed E-state index contributed by atoms with van der Waals surface area (Å²) in [7, 11) is 1.81. The first kappa shape index (κ1) is 14.5. The summed E-state index contributed by atoms with van der Waals surface area (Å²) in [5.41, 5.74) is 1.52. The lowest BCUT2D eigenvalue weighted by molar-refractivity contribution is 0.0311. The Morgan fingerprint density at radius 3 is 2.52 bits per heavy atom. The van der Waals surface area contributed by atoms with Gasteiger partial charge >= 0.3 is 0 Å². The monoisotopic (exact) mass is 292 g/mol. The molecule has 1 saturated carbocycles. The first-order valence-electron chi connectivity index (χ1n) is 7.78. The largest absolute Gasteiger partial charge is 0.391 e. The van der Waals surface area contributed by atoms with E-state index in [2.05, 4.69) is 10.00 Å². The summed E-state index contributed by atoms with van der Waals surface area (Å²) in [5, 5.41) is 14.2. The van der Waals surface area contributed by atoms with Gasteiger partial charge in [-0.25, -0.2) is 0 Å². The van der Waals surface area contributed by atoms with Gasteiger partial charge in [-0.05, 0) is 32.3 Å². The van der Waals surface area contributed by atoms with Gasteiger partial charge in [-0.15, -0.1) is 0 Å². The zero-order valence-corrected chi connectivity index (χ0v) is 12.8. The van der Waals surface area contributed by atoms with Gasteiger partial charge in [0.05, 0.1) is 11.8 Å². The van der Waals surface area contributed by atoms with Crippen LogP contribution in [0.5, 0.6) is 0 Å². The van der Waals surface area contributed by atoms with Crippen molar-refractivity contribution < 1.29 is 9.90 Å². The normalized spacial score (nSPS) is 27.3. The van der Waals surface area contributed by atoms with Gasteiger partial charge in [-0.2, -0.15) is 5.10 Å². The van der Waals surface area contributed by atoms with Crippen molar-refractivity contribution in [1.82, 2.24) is 19.6 Å². The minimum atomic E-state index is -0.188. The maximum absolute atomic E-state index is 12.5. The van der Waals surface area contributed by atoms with Crippen LogP contribution in [0.4, 0.5) is 0 Å². The summed E-state index contributed by atoms with van der Waals surface area (Å²) in [5.74, 6) is 0.0599. The van der Waals surface area contributed by atoms with Crippen LogP contribution in [-0.4, -0.2) is 68.9 Å². The molecular formula is C15H24N4O2. The molecule has 0 bridgehead atoms. The van der Waals surface area contributed by atoms with Crippen molar-refractivity contribution in [3.05, 3.63) is 17.5 Å². The third-order valence-electron chi connectivity index (χ3n) is 4.74. The Hall–Kier alpha value is -1.40. The first-order valence-corrected chi connectivity index (χ1v) is 7.78. The first-order chi connectivity index (χ1) is 10.1. The molecular weight excluding hydrogens is 268 g/mol. The highest BCUT2D eigenvalue weighted by Crippen LogP contribution is 2.25. The van der Waals surface area contributed by atoms with Gasteiger partial charge in [0.1, 0.15) is 5.69 Å². The summed E-state index contributed by atoms with van der Waals surface area (Å²) < 4.78 is 1.66. The lowest BCUT2D eigenvalue weighted by Gasteiger charge is -2.39. The van der Waals surface area contributed by atoms with Crippen molar-refractivity contribution in [2.45, 2.75) is 38.3 Å². The van der Waals surface area contributed by atoms with Crippen molar-refractivity contribution in [2.75, 3.05) is 26.2 Å². The van der Waals surface area contributed by atoms with Gasteiger partial charge in [-0.3, -0.25) is 14.4 Å². The van der Waals surface area contributed by atoms with Crippen molar-refractivity contribution in [3.63, 3.8) is 0 Å². The average Bonchev–Trinajstić information content (AvgIpc) is 3.04. The van der Waals surface area contributed by atoms with E-state index in [4.69, 9.17) is 0 Å². The molecule has 1 amide bonds. The molecule has 1 saturated heterocycles. The molecule has 0 spiro atoms. The molecule has 2 aliphatic rings. The molecule has 1 aromatic rings. The summed E-state index contributed by atoms with van der Waals surface area (Å²) in [6.45, 7) is 5.06. The van der Waals surface area contributed by atoms with Crippen LogP contribution in [-0.2, 0) is 7.05 Å². The number of nitrogens with zero attached hydrogens (tertiary/aromatic N) is 4. The smallest absolute Gasteiger partial charge is 0.272 e. The molecule has 2 fully saturated rings. The quantitative estimate of drug-likeness (QED) is 0.857. The van der Waals surface area contributed by atoms with Crippen molar-refractivity contribution in [3.8, 4) is 0 Å². The zero-order chi connectivity index (χ0) is 15.0. The molecule has 21 heavy (non-hydrogen) atoms. The predicted molar refractivity (Wildman–Crippen MR) is 79.1 cm³/mol. The van der Waals surface area contributed by atoms with E-state index in [1.165, 1.54) is 0 Å². The third-order valence-corrected chi connectivity index (χ3v) is 4.74. The van der Waals surface area contributed by atoms with E-state index in [1.807, 2.05) is 24.9 Å². The molecule has 1 aromatic heterocycles. The van der Waals surface area contributed by atoms with Gasteiger partial charge in [0.2, 0.25) is 0 Å². The molecule has 3 rings (SSSR count). The lowest BCUT2D eigenvalue weighted by Crippen LogP contribution is -2.53. The Bertz CT molecular complexity index is 520. The van der Waals surface area contributed by atoms with Crippen molar-refractivity contribution in [1.29, 1.82) is 0 Å². The molecule has 6 nitrogen and oxygen atoms in total. The molecule has 2 heterocycles. The fourth-order valence-electron chi connectivity index (χ4n) is 3.58. The van der Waals surface area contributed by atoms with E-state index in [0.29, 0.717) is 11.7 Å². The molecule has 6 heteroatoms. The number of amides is 1. The van der Waals surface area contributed by atoms with E-state index in [-0.39, 0.29) is 12.0 Å². The van der Waals surface area contributed by atoms with Gasteiger partial charge in [0, 0.05) is 39.3 Å². The number of aromatic nitrogens is 2. The highest BCUT2D eigenvalue weighted by molar-refractivity contribution is 5.92. The molecule has 1 aliphatic heterocycles. The standard InChI is InChI=1S/C15H24N4O2/c1-11-10-13(17(2)16-11)15(21)19-8-6-18(7-9-19)12-4-3-5-14(12)20/h10,12,14,20H,3-9H2,1-2H3/t12-,14+/m1/s1. The van der Waals surface area contributed by atoms with Crippen molar-refractivity contribution in [2.24, 2.45) is 7.05 Å². The fourth-order valence-corrected chi connectivity index (χ4v) is 3.58. The van der Waals surface area contributed by atoms with Gasteiger partial charge in [0.25, 0.3) is 5.91 Å². The van der Waals surface area contributed by atoms with Crippen LogP contribution >= 0.6 is 0 Å². The fraction of sp³-hybridized carbons (Fsp3) is 0.733. The number of hydrogen-bond donors (Lipinski definition) is 1. The van der Waals surface area contributed by atoms with Crippen molar-refractivity contribution >= 4 is 5.91 Å². The summed E-state index contributed by atoms with van der Waals surface area (Å²) in [6, 6.07) is 2.14. The molecule has 0 aromatic carbocycles. The summed E-state index contributed by atoms with van der Waals surface area (Å²) >= 11 is 0. The molecule has 0 radical (unpaired) electrons. The highest BCUT2D eigenvalue weighted by Gasteiger charge is 2.33. The highest BCUT2D eigenvalue weighted by atomic mass is 16.3. The van der Waals surface area contributed by atoms with Crippen LogP contribution in [0.1, 0.15) is 35.4 Å². The van der Waals surface area contributed by atoms with E-state index in [0.717, 1.165) is 51.1 Å². The second kappa shape index (κ2) is 5.77. The minimum absolute atomic E-state index is 0.0599. The number of rotatable bonds is 2. The molecule has 1 N–H and O–H groups in total. The summed E-state index contributed by atoms with van der Waals surface area (Å²) in [4.78, 5) is 16.8. The topological polar surface area (TPSA) is 61.6 Å². The lowest BCUT2D eigenvalue weighted by atomic mass is 10.1. The Kier molecular flexibility index (Phi) is 3.99. The average molecular weight is 292 g/mol. The molecule has 1 aliphatic carbocycles. The maximum Gasteiger partial charge on any atom is 0.272 e. The van der Waals surface area contributed by atoms with E-state index in [9.17, 15) is 9.90 Å². The van der Waals surface area contributed by atoms with Crippen LogP contribution in [0.2, 0.25) is 0 Å². The summed E-state index contributed by atoms with van der Waals surface area (Å²) in [6.07, 6.45) is 2.92. The van der Waals surface area contributed by atoms with Crippen LogP contribution < -0.4 is 0 Å². The van der Waals surface area contributed by atoms with E-state index < -0.39 is 0 Å². The van der Waals surface area contributed by atoms with Gasteiger partial charge < -0.3 is 10.0 Å². The van der Waals surface area contributed by atoms with E-state index >= 15 is 0 Å². The SMILES string of the molecule is Cc1cc(C(=O)N2CCN([C@@H]3CCC[C@@H]3O)CC2)n(C)n1. The second-order valence-corrected chi connectivity index (χ2v) is 6.19. The number of aryl methyl sites for hydroxylation is 2. The number of aliphatic hydroxyl groups is 1. The number of piperazine rings is 1. The third kappa shape index (κ3) is 2.82. The van der Waals surface area contributed by atoms with Gasteiger partial charge in [-0.1, -0.05) is 0 Å². The molecule has 116 valence electrons. The second-order valence-electron chi connectivity index (χ2n) is 6.19. The molecule has 0 unspecified atom stereocenters. The Morgan fingerprint density at radius 1 is 1.29 bits per heavy atom.